The number of nitrogens with two attached hydrogens (primary N) is 1. The van der Waals surface area contributed by atoms with Crippen molar-refractivity contribution in [3.63, 3.8) is 0 Å². The second-order valence-corrected chi connectivity index (χ2v) is 4.70. The van der Waals surface area contributed by atoms with Gasteiger partial charge in [0.15, 0.2) is 0 Å². The van der Waals surface area contributed by atoms with E-state index in [1.54, 1.807) is 13.1 Å². The van der Waals surface area contributed by atoms with E-state index in [1.807, 2.05) is 0 Å². The van der Waals surface area contributed by atoms with Crippen LogP contribution in [0.1, 0.15) is 31.2 Å². The Morgan fingerprint density at radius 2 is 2.22 bits per heavy atom. The first-order chi connectivity index (χ1) is 8.58. The summed E-state index contributed by atoms with van der Waals surface area (Å²) in [6.45, 7) is 1.76. The number of aryl methyl sites for hydroxylation is 1. The zero-order chi connectivity index (χ0) is 13.1. The predicted octanol–water partition coefficient (Wildman–Crippen LogP) is 1.95. The molecule has 0 amide bonds. The molecule has 2 N–H and O–H groups in total. The molecule has 1 saturated carbocycles. The third-order valence-corrected chi connectivity index (χ3v) is 3.18. The molecule has 1 aliphatic carbocycles. The van der Waals surface area contributed by atoms with Crippen molar-refractivity contribution in [3.8, 4) is 5.88 Å². The molecular weight excluding hydrogens is 234 g/mol. The molecule has 2 atom stereocenters. The molecule has 0 aliphatic heterocycles. The quantitative estimate of drug-likeness (QED) is 0.654. The smallest absolute Gasteiger partial charge is 0.331 e. The van der Waals surface area contributed by atoms with Crippen molar-refractivity contribution >= 4 is 5.69 Å². The minimum absolute atomic E-state index is 0.0681. The first-order valence-corrected chi connectivity index (χ1v) is 6.11. The van der Waals surface area contributed by atoms with Crippen LogP contribution >= 0.6 is 0 Å². The SMILES string of the molecule is Cc1cnc(OC2CCCCC2N)c([N+](=O)[O-])c1. The van der Waals surface area contributed by atoms with Crippen LogP contribution in [0.2, 0.25) is 0 Å². The van der Waals surface area contributed by atoms with Gasteiger partial charge in [-0.25, -0.2) is 4.98 Å². The minimum Gasteiger partial charge on any atom is -0.468 e. The topological polar surface area (TPSA) is 91.3 Å². The molecule has 1 aromatic rings. The lowest BCUT2D eigenvalue weighted by atomic mass is 9.93. The van der Waals surface area contributed by atoms with Crippen LogP contribution in [0.5, 0.6) is 5.88 Å². The average Bonchev–Trinajstić information content (AvgIpc) is 2.34. The lowest BCUT2D eigenvalue weighted by Gasteiger charge is -2.28. The van der Waals surface area contributed by atoms with Gasteiger partial charge in [0.05, 0.1) is 4.92 Å². The highest BCUT2D eigenvalue weighted by Crippen LogP contribution is 2.29. The van der Waals surface area contributed by atoms with Gasteiger partial charge in [-0.15, -0.1) is 0 Å². The van der Waals surface area contributed by atoms with E-state index in [9.17, 15) is 10.1 Å². The monoisotopic (exact) mass is 251 g/mol. The lowest BCUT2D eigenvalue weighted by Crippen LogP contribution is -2.41. The molecule has 0 spiro atoms. The molecule has 0 aromatic carbocycles. The minimum atomic E-state index is -0.469. The van der Waals surface area contributed by atoms with Crippen LogP contribution < -0.4 is 10.5 Å². The molecule has 0 bridgehead atoms. The maximum atomic E-state index is 11.0. The summed E-state index contributed by atoms with van der Waals surface area (Å²) in [5, 5.41) is 11.0. The normalized spacial score (nSPS) is 23.7. The van der Waals surface area contributed by atoms with E-state index >= 15 is 0 Å². The number of hydrogen-bond donors (Lipinski definition) is 1. The summed E-state index contributed by atoms with van der Waals surface area (Å²) in [4.78, 5) is 14.5. The average molecular weight is 251 g/mol. The van der Waals surface area contributed by atoms with Gasteiger partial charge in [0.1, 0.15) is 6.10 Å². The van der Waals surface area contributed by atoms with E-state index in [1.165, 1.54) is 6.07 Å². The Morgan fingerprint density at radius 1 is 1.50 bits per heavy atom. The fraction of sp³-hybridized carbons (Fsp3) is 0.583. The van der Waals surface area contributed by atoms with Gasteiger partial charge in [-0.1, -0.05) is 6.42 Å². The molecule has 0 saturated heterocycles. The van der Waals surface area contributed by atoms with Gasteiger partial charge < -0.3 is 10.5 Å². The first kappa shape index (κ1) is 12.8. The predicted molar refractivity (Wildman–Crippen MR) is 66.5 cm³/mol. The highest BCUT2D eigenvalue weighted by atomic mass is 16.6. The Hall–Kier alpha value is -1.69. The van der Waals surface area contributed by atoms with Crippen molar-refractivity contribution in [1.82, 2.24) is 4.98 Å². The van der Waals surface area contributed by atoms with Crippen molar-refractivity contribution in [2.75, 3.05) is 0 Å². The van der Waals surface area contributed by atoms with E-state index in [0.29, 0.717) is 0 Å². The fourth-order valence-electron chi connectivity index (χ4n) is 2.18. The number of rotatable bonds is 3. The number of aromatic nitrogens is 1. The molecule has 1 fully saturated rings. The summed E-state index contributed by atoms with van der Waals surface area (Å²) >= 11 is 0. The number of pyridine rings is 1. The molecular formula is C12H17N3O3. The number of hydrogen-bond acceptors (Lipinski definition) is 5. The van der Waals surface area contributed by atoms with Crippen LogP contribution in [0.3, 0.4) is 0 Å². The molecule has 18 heavy (non-hydrogen) atoms. The number of nitro groups is 1. The first-order valence-electron chi connectivity index (χ1n) is 6.11. The van der Waals surface area contributed by atoms with Crippen LogP contribution in [0.4, 0.5) is 5.69 Å². The zero-order valence-electron chi connectivity index (χ0n) is 10.3. The van der Waals surface area contributed by atoms with Crippen LogP contribution in [0.25, 0.3) is 0 Å². The third-order valence-electron chi connectivity index (χ3n) is 3.18. The van der Waals surface area contributed by atoms with Gasteiger partial charge in [-0.2, -0.15) is 0 Å². The van der Waals surface area contributed by atoms with E-state index < -0.39 is 4.92 Å². The van der Waals surface area contributed by atoms with Crippen molar-refractivity contribution in [2.45, 2.75) is 44.8 Å². The summed E-state index contributed by atoms with van der Waals surface area (Å²) in [5.74, 6) is 0.0768. The van der Waals surface area contributed by atoms with Crippen LogP contribution in [-0.2, 0) is 0 Å². The summed E-state index contributed by atoms with van der Waals surface area (Å²) in [5.41, 5.74) is 6.61. The Kier molecular flexibility index (Phi) is 3.76. The molecule has 0 radical (unpaired) electrons. The number of ether oxygens (including phenoxy) is 1. The Balaban J connectivity index is 2.20. The van der Waals surface area contributed by atoms with E-state index in [0.717, 1.165) is 31.2 Å². The van der Waals surface area contributed by atoms with Crippen molar-refractivity contribution in [3.05, 3.63) is 27.9 Å². The summed E-state index contributed by atoms with van der Waals surface area (Å²) in [6.07, 6.45) is 5.24. The summed E-state index contributed by atoms with van der Waals surface area (Å²) in [6, 6.07) is 1.40. The van der Waals surface area contributed by atoms with Crippen LogP contribution in [-0.4, -0.2) is 22.1 Å². The van der Waals surface area contributed by atoms with Gasteiger partial charge in [0.25, 0.3) is 5.88 Å². The highest BCUT2D eigenvalue weighted by Gasteiger charge is 2.27. The van der Waals surface area contributed by atoms with E-state index in [-0.39, 0.29) is 23.7 Å². The molecule has 2 unspecified atom stereocenters. The Morgan fingerprint density at radius 3 is 2.89 bits per heavy atom. The van der Waals surface area contributed by atoms with Gasteiger partial charge in [0, 0.05) is 18.3 Å². The summed E-state index contributed by atoms with van der Waals surface area (Å²) in [7, 11) is 0. The zero-order valence-corrected chi connectivity index (χ0v) is 10.3. The lowest BCUT2D eigenvalue weighted by molar-refractivity contribution is -0.386. The van der Waals surface area contributed by atoms with Crippen molar-refractivity contribution in [2.24, 2.45) is 5.73 Å². The molecule has 6 nitrogen and oxygen atoms in total. The van der Waals surface area contributed by atoms with E-state index in [2.05, 4.69) is 4.98 Å². The third kappa shape index (κ3) is 2.76. The molecule has 2 rings (SSSR count). The molecule has 1 aromatic heterocycles. The van der Waals surface area contributed by atoms with E-state index in [4.69, 9.17) is 10.5 Å². The molecule has 6 heteroatoms. The van der Waals surface area contributed by atoms with Gasteiger partial charge in [0.2, 0.25) is 0 Å². The number of nitrogens with zero attached hydrogens (tertiary/aromatic N) is 2. The largest absolute Gasteiger partial charge is 0.468 e. The van der Waals surface area contributed by atoms with Gasteiger partial charge in [-0.3, -0.25) is 10.1 Å². The molecule has 1 aliphatic rings. The maximum absolute atomic E-state index is 11.0. The van der Waals surface area contributed by atoms with Crippen LogP contribution in [0, 0.1) is 17.0 Å². The van der Waals surface area contributed by atoms with Gasteiger partial charge >= 0.3 is 5.69 Å². The maximum Gasteiger partial charge on any atom is 0.331 e. The summed E-state index contributed by atoms with van der Waals surface area (Å²) < 4.78 is 5.64. The highest BCUT2D eigenvalue weighted by molar-refractivity contribution is 5.42. The van der Waals surface area contributed by atoms with Gasteiger partial charge in [-0.05, 0) is 31.7 Å². The second kappa shape index (κ2) is 5.30. The van der Waals surface area contributed by atoms with Crippen molar-refractivity contribution in [1.29, 1.82) is 0 Å². The Bertz CT molecular complexity index is 450. The standard InChI is InChI=1S/C12H17N3O3/c1-8-6-10(15(16)17)12(14-7-8)18-11-5-3-2-4-9(11)13/h6-7,9,11H,2-5,13H2,1H3. The van der Waals surface area contributed by atoms with Crippen molar-refractivity contribution < 1.29 is 9.66 Å². The Labute approximate surface area is 105 Å². The van der Waals surface area contributed by atoms with Crippen LogP contribution in [0.15, 0.2) is 12.3 Å². The molecule has 98 valence electrons. The fourth-order valence-corrected chi connectivity index (χ4v) is 2.18. The molecule has 1 heterocycles. The second-order valence-electron chi connectivity index (χ2n) is 4.70.